The molecule has 1 fully saturated rings. The van der Waals surface area contributed by atoms with E-state index in [1.165, 1.54) is 12.1 Å². The van der Waals surface area contributed by atoms with Gasteiger partial charge >= 0.3 is 0 Å². The van der Waals surface area contributed by atoms with E-state index in [1.807, 2.05) is 30.3 Å². The molecule has 10 heteroatoms. The number of halogens is 2. The van der Waals surface area contributed by atoms with Crippen molar-refractivity contribution in [2.24, 2.45) is 5.73 Å². The van der Waals surface area contributed by atoms with E-state index in [4.69, 9.17) is 5.73 Å². The molecule has 4 aromatic rings. The lowest BCUT2D eigenvalue weighted by Crippen LogP contribution is -2.17. The smallest absolute Gasteiger partial charge is 0.280 e. The fourth-order valence-electron chi connectivity index (χ4n) is 3.56. The summed E-state index contributed by atoms with van der Waals surface area (Å²) in [5.41, 5.74) is 7.52. The van der Waals surface area contributed by atoms with Gasteiger partial charge in [-0.2, -0.15) is 5.10 Å². The minimum Gasteiger partial charge on any atom is -0.365 e. The highest BCUT2D eigenvalue weighted by Gasteiger charge is 2.29. The van der Waals surface area contributed by atoms with Crippen LogP contribution in [0.25, 0.3) is 16.8 Å². The third-order valence-corrected chi connectivity index (χ3v) is 6.17. The zero-order chi connectivity index (χ0) is 22.4. The van der Waals surface area contributed by atoms with Gasteiger partial charge in [0, 0.05) is 28.6 Å². The van der Waals surface area contributed by atoms with Gasteiger partial charge in [-0.05, 0) is 24.5 Å². The van der Waals surface area contributed by atoms with Crippen molar-refractivity contribution in [3.05, 3.63) is 70.5 Å². The number of nitrogens with zero attached hydrogens (tertiary/aromatic N) is 3. The van der Waals surface area contributed by atoms with Gasteiger partial charge in [0.25, 0.3) is 18.2 Å². The van der Waals surface area contributed by atoms with Crippen molar-refractivity contribution < 1.29 is 18.4 Å². The van der Waals surface area contributed by atoms with Gasteiger partial charge in [0.15, 0.2) is 11.3 Å². The van der Waals surface area contributed by atoms with E-state index < -0.39 is 18.2 Å². The van der Waals surface area contributed by atoms with Crippen LogP contribution in [-0.4, -0.2) is 26.4 Å². The van der Waals surface area contributed by atoms with Crippen LogP contribution in [0.5, 0.6) is 0 Å². The molecule has 0 saturated heterocycles. The second kappa shape index (κ2) is 7.79. The van der Waals surface area contributed by atoms with Gasteiger partial charge < -0.3 is 11.1 Å². The predicted octanol–water partition coefficient (Wildman–Crippen LogP) is 4.62. The van der Waals surface area contributed by atoms with Crippen LogP contribution in [0.15, 0.2) is 47.8 Å². The van der Waals surface area contributed by atoms with Crippen LogP contribution in [-0.2, 0) is 0 Å². The summed E-state index contributed by atoms with van der Waals surface area (Å²) < 4.78 is 28.2. The monoisotopic (exact) mass is 453 g/mol. The minimum absolute atomic E-state index is 0.0857. The fourth-order valence-corrected chi connectivity index (χ4v) is 4.53. The summed E-state index contributed by atoms with van der Waals surface area (Å²) in [5, 5.41) is 8.68. The summed E-state index contributed by atoms with van der Waals surface area (Å²) in [5.74, 6) is -1.16. The molecule has 3 N–H and O–H groups in total. The fraction of sp³-hybridized carbons (Fsp3) is 0.182. The third-order valence-electron chi connectivity index (χ3n) is 5.28. The molecule has 1 saturated carbocycles. The number of hydrogen-bond acceptors (Lipinski definition) is 5. The number of anilines is 1. The SMILES string of the molecule is NC(=O)c1c(-c2ccccc2)csc1NC(=O)c1cc2nc(C3CC3)cc(C(F)F)n2n1. The minimum atomic E-state index is -2.76. The summed E-state index contributed by atoms with van der Waals surface area (Å²) in [7, 11) is 0. The first-order valence-corrected chi connectivity index (χ1v) is 10.8. The number of nitrogens with two attached hydrogens (primary N) is 1. The van der Waals surface area contributed by atoms with E-state index in [0.29, 0.717) is 11.3 Å². The lowest BCUT2D eigenvalue weighted by Gasteiger charge is -2.06. The first-order valence-electron chi connectivity index (χ1n) is 9.89. The molecule has 0 bridgehead atoms. The molecule has 2 amide bonds. The largest absolute Gasteiger partial charge is 0.365 e. The Morgan fingerprint density at radius 1 is 1.19 bits per heavy atom. The van der Waals surface area contributed by atoms with Crippen LogP contribution in [0.4, 0.5) is 13.8 Å². The highest BCUT2D eigenvalue weighted by molar-refractivity contribution is 7.15. The molecule has 1 aliphatic rings. The maximum atomic E-state index is 13.6. The van der Waals surface area contributed by atoms with Crippen LogP contribution >= 0.6 is 11.3 Å². The number of primary amides is 1. The summed E-state index contributed by atoms with van der Waals surface area (Å²) in [6, 6.07) is 11.9. The molecule has 3 heterocycles. The van der Waals surface area contributed by atoms with Crippen LogP contribution in [0.3, 0.4) is 0 Å². The zero-order valence-corrected chi connectivity index (χ0v) is 17.4. The van der Waals surface area contributed by atoms with Gasteiger partial charge in [0.2, 0.25) is 0 Å². The van der Waals surface area contributed by atoms with Crippen molar-refractivity contribution >= 4 is 33.8 Å². The topological polar surface area (TPSA) is 102 Å². The Bertz CT molecular complexity index is 1350. The molecule has 0 atom stereocenters. The number of thiophene rings is 1. The number of benzene rings is 1. The predicted molar refractivity (Wildman–Crippen MR) is 116 cm³/mol. The second-order valence-electron chi connectivity index (χ2n) is 7.52. The van der Waals surface area contributed by atoms with Crippen molar-refractivity contribution in [1.29, 1.82) is 0 Å². The molecule has 1 aliphatic carbocycles. The lowest BCUT2D eigenvalue weighted by molar-refractivity contribution is 0.100. The molecule has 0 radical (unpaired) electrons. The van der Waals surface area contributed by atoms with Crippen LogP contribution in [0.1, 0.15) is 57.4 Å². The number of carbonyl (C=O) groups excluding carboxylic acids is 2. The Hall–Kier alpha value is -3.66. The summed E-state index contributed by atoms with van der Waals surface area (Å²) >= 11 is 1.15. The maximum absolute atomic E-state index is 13.6. The molecule has 32 heavy (non-hydrogen) atoms. The number of amides is 2. The first-order chi connectivity index (χ1) is 15.4. The Balaban J connectivity index is 1.50. The third kappa shape index (κ3) is 3.62. The Labute approximate surface area is 184 Å². The van der Waals surface area contributed by atoms with Crippen LogP contribution < -0.4 is 11.1 Å². The van der Waals surface area contributed by atoms with E-state index >= 15 is 0 Å². The highest BCUT2D eigenvalue weighted by atomic mass is 32.1. The molecule has 0 aliphatic heterocycles. The quantitative estimate of drug-likeness (QED) is 0.445. The van der Waals surface area contributed by atoms with Crippen molar-refractivity contribution in [3.8, 4) is 11.1 Å². The van der Waals surface area contributed by atoms with Gasteiger partial charge in [0.05, 0.1) is 5.56 Å². The van der Waals surface area contributed by atoms with Gasteiger partial charge in [-0.1, -0.05) is 30.3 Å². The van der Waals surface area contributed by atoms with Crippen LogP contribution in [0.2, 0.25) is 0 Å². The zero-order valence-electron chi connectivity index (χ0n) is 16.6. The van der Waals surface area contributed by atoms with Crippen molar-refractivity contribution in [2.75, 3.05) is 5.32 Å². The summed E-state index contributed by atoms with van der Waals surface area (Å²) in [6.07, 6.45) is -0.947. The first kappa shape index (κ1) is 20.3. The van der Waals surface area contributed by atoms with E-state index in [1.54, 1.807) is 5.38 Å². The number of hydrogen-bond donors (Lipinski definition) is 2. The van der Waals surface area contributed by atoms with Gasteiger partial charge in [-0.25, -0.2) is 18.3 Å². The van der Waals surface area contributed by atoms with Gasteiger partial charge in [0.1, 0.15) is 10.7 Å². The average Bonchev–Trinajstić information content (AvgIpc) is 3.39. The summed E-state index contributed by atoms with van der Waals surface area (Å²) in [6.45, 7) is 0. The molecule has 3 aromatic heterocycles. The molecule has 162 valence electrons. The molecule has 5 rings (SSSR count). The van der Waals surface area contributed by atoms with E-state index in [0.717, 1.165) is 34.3 Å². The van der Waals surface area contributed by atoms with E-state index in [-0.39, 0.29) is 33.5 Å². The number of alkyl halides is 2. The normalized spacial score (nSPS) is 13.6. The molecule has 1 aromatic carbocycles. The molecular formula is C22H17F2N5O2S. The van der Waals surface area contributed by atoms with Crippen molar-refractivity contribution in [2.45, 2.75) is 25.2 Å². The van der Waals surface area contributed by atoms with Gasteiger partial charge in [-0.3, -0.25) is 9.59 Å². The summed E-state index contributed by atoms with van der Waals surface area (Å²) in [4.78, 5) is 29.4. The molecular weight excluding hydrogens is 436 g/mol. The van der Waals surface area contributed by atoms with Crippen molar-refractivity contribution in [1.82, 2.24) is 14.6 Å². The second-order valence-corrected chi connectivity index (χ2v) is 8.40. The molecule has 7 nitrogen and oxygen atoms in total. The molecule has 0 unspecified atom stereocenters. The van der Waals surface area contributed by atoms with E-state index in [9.17, 15) is 18.4 Å². The number of aromatic nitrogens is 3. The van der Waals surface area contributed by atoms with Gasteiger partial charge in [-0.15, -0.1) is 11.3 Å². The lowest BCUT2D eigenvalue weighted by atomic mass is 10.0. The highest BCUT2D eigenvalue weighted by Crippen LogP contribution is 2.40. The van der Waals surface area contributed by atoms with Crippen LogP contribution in [0, 0.1) is 0 Å². The number of rotatable bonds is 6. The Kier molecular flexibility index (Phi) is 4.93. The average molecular weight is 453 g/mol. The Morgan fingerprint density at radius 2 is 1.94 bits per heavy atom. The Morgan fingerprint density at radius 3 is 2.59 bits per heavy atom. The number of fused-ring (bicyclic) bond motifs is 1. The maximum Gasteiger partial charge on any atom is 0.280 e. The number of carbonyl (C=O) groups is 2. The number of nitrogens with one attached hydrogen (secondary N) is 1. The van der Waals surface area contributed by atoms with Crippen molar-refractivity contribution in [3.63, 3.8) is 0 Å². The van der Waals surface area contributed by atoms with E-state index in [2.05, 4.69) is 15.4 Å². The standard InChI is InChI=1S/C22H17F2N5O2S/c23-19(24)16-8-14(12-6-7-12)26-17-9-15(28-29(16)17)21(31)27-22-18(20(25)30)13(10-32-22)11-4-2-1-3-5-11/h1-5,8-10,12,19H,6-7H2,(H2,25,30)(H,27,31). The molecule has 0 spiro atoms.